The number of rotatable bonds is 8. The fourth-order valence-corrected chi connectivity index (χ4v) is 6.55. The lowest BCUT2D eigenvalue weighted by atomic mass is 9.95. The number of aryl methyl sites for hydroxylation is 1. The molecule has 42 heavy (non-hydrogen) atoms. The van der Waals surface area contributed by atoms with Crippen LogP contribution in [0.25, 0.3) is 38.9 Å². The Morgan fingerprint density at radius 1 is 0.929 bits per heavy atom. The van der Waals surface area contributed by atoms with Gasteiger partial charge in [0.05, 0.1) is 41.5 Å². The Kier molecular flexibility index (Phi) is 7.11. The lowest BCUT2D eigenvalue weighted by Crippen LogP contribution is -2.08. The molecule has 4 aromatic heterocycles. The van der Waals surface area contributed by atoms with Crippen molar-refractivity contribution in [3.63, 3.8) is 0 Å². The highest BCUT2D eigenvalue weighted by Crippen LogP contribution is 2.39. The van der Waals surface area contributed by atoms with Crippen LogP contribution in [0.15, 0.2) is 67.0 Å². The van der Waals surface area contributed by atoms with Crippen molar-refractivity contribution in [2.75, 3.05) is 13.3 Å². The fourth-order valence-electron chi connectivity index (χ4n) is 5.71. The average molecular weight is 582 g/mol. The topological polar surface area (TPSA) is 104 Å². The van der Waals surface area contributed by atoms with Gasteiger partial charge in [-0.25, -0.2) is 9.67 Å². The second kappa shape index (κ2) is 10.6. The maximum absolute atomic E-state index is 12.4. The van der Waals surface area contributed by atoms with Crippen LogP contribution in [0, 0.1) is 13.8 Å². The van der Waals surface area contributed by atoms with Crippen molar-refractivity contribution in [3.05, 3.63) is 89.5 Å². The molecule has 0 saturated carbocycles. The molecule has 0 spiro atoms. The maximum Gasteiger partial charge on any atom is 0.181 e. The number of aromatic nitrogens is 7. The first kappa shape index (κ1) is 28.1. The Morgan fingerprint density at radius 2 is 1.69 bits per heavy atom. The van der Waals surface area contributed by atoms with Crippen molar-refractivity contribution >= 4 is 29.1 Å². The zero-order valence-corrected chi connectivity index (χ0v) is 25.7. The van der Waals surface area contributed by atoms with Gasteiger partial charge in [0.25, 0.3) is 0 Å². The van der Waals surface area contributed by atoms with Gasteiger partial charge in [-0.1, -0.05) is 56.3 Å². The number of fused-ring (bicyclic) bond motifs is 2. The van der Waals surface area contributed by atoms with Gasteiger partial charge in [0.1, 0.15) is 7.14 Å². The highest BCUT2D eigenvalue weighted by molar-refractivity contribution is 7.61. The molecule has 0 radical (unpaired) electrons. The molecule has 0 aliphatic carbocycles. The monoisotopic (exact) mass is 581 g/mol. The summed E-state index contributed by atoms with van der Waals surface area (Å²) in [6.45, 7) is 12.3. The van der Waals surface area contributed by atoms with Crippen molar-refractivity contribution in [1.29, 1.82) is 0 Å². The smallest absolute Gasteiger partial charge is 0.181 e. The number of benzene rings is 2. The maximum atomic E-state index is 12.4. The van der Waals surface area contributed by atoms with Crippen LogP contribution in [0.4, 0.5) is 0 Å². The first-order valence-electron chi connectivity index (χ1n) is 14.2. The third-order valence-corrected chi connectivity index (χ3v) is 8.53. The van der Waals surface area contributed by atoms with Gasteiger partial charge < -0.3 is 9.67 Å². The normalized spacial score (nSPS) is 13.0. The molecular formula is C32H36N7O2P. The van der Waals surface area contributed by atoms with Gasteiger partial charge in [-0.15, -0.1) is 0 Å². The molecule has 10 heteroatoms. The van der Waals surface area contributed by atoms with Gasteiger partial charge in [0, 0.05) is 40.0 Å². The first-order valence-corrected chi connectivity index (χ1v) is 17.0. The summed E-state index contributed by atoms with van der Waals surface area (Å²) in [5.74, 6) is 0.224. The highest BCUT2D eigenvalue weighted by atomic mass is 31.2. The number of hydrogen-bond donors (Lipinski definition) is 1. The molecule has 216 valence electrons. The molecule has 6 rings (SSSR count). The number of nitrogens with zero attached hydrogens (tertiary/aromatic N) is 7. The molecule has 1 atom stereocenters. The number of pyridine rings is 1. The molecule has 0 unspecified atom stereocenters. The predicted octanol–water partition coefficient (Wildman–Crippen LogP) is 6.69. The largest absolute Gasteiger partial charge is 0.386 e. The molecule has 6 aromatic rings. The van der Waals surface area contributed by atoms with E-state index >= 15 is 0 Å². The number of hydrogen-bond acceptors (Lipinski definition) is 6. The summed E-state index contributed by atoms with van der Waals surface area (Å²) < 4.78 is 17.9. The van der Waals surface area contributed by atoms with Crippen LogP contribution < -0.4 is 0 Å². The van der Waals surface area contributed by atoms with E-state index in [1.165, 1.54) is 0 Å². The van der Waals surface area contributed by atoms with E-state index in [4.69, 9.17) is 15.2 Å². The lowest BCUT2D eigenvalue weighted by Gasteiger charge is -2.10. The van der Waals surface area contributed by atoms with Crippen LogP contribution in [-0.4, -0.2) is 52.8 Å². The Labute approximate surface area is 245 Å². The summed E-state index contributed by atoms with van der Waals surface area (Å²) in [6, 6.07) is 17.8. The summed E-state index contributed by atoms with van der Waals surface area (Å²) in [7, 11) is -2.29. The molecule has 9 nitrogen and oxygen atoms in total. The van der Waals surface area contributed by atoms with Crippen LogP contribution in [0.2, 0.25) is 0 Å². The summed E-state index contributed by atoms with van der Waals surface area (Å²) in [4.78, 5) is 4.79. The fraction of sp³-hybridized carbons (Fsp3) is 0.312. The Hall–Kier alpha value is -4.07. The molecule has 2 aromatic carbocycles. The van der Waals surface area contributed by atoms with Crippen molar-refractivity contribution < 1.29 is 9.67 Å². The van der Waals surface area contributed by atoms with E-state index < -0.39 is 13.2 Å². The zero-order valence-electron chi connectivity index (χ0n) is 24.9. The van der Waals surface area contributed by atoms with E-state index in [0.29, 0.717) is 18.5 Å². The Bertz CT molecular complexity index is 1960. The second-order valence-electron chi connectivity index (χ2n) is 11.8. The summed E-state index contributed by atoms with van der Waals surface area (Å²) in [6.07, 6.45) is 3.63. The average Bonchev–Trinajstić information content (AvgIpc) is 3.61. The molecular weight excluding hydrogens is 545 g/mol. The lowest BCUT2D eigenvalue weighted by molar-refractivity contribution is 0.152. The van der Waals surface area contributed by atoms with E-state index in [1.54, 1.807) is 18.0 Å². The van der Waals surface area contributed by atoms with Gasteiger partial charge in [-0.3, -0.25) is 9.36 Å². The Balaban J connectivity index is 1.43. The van der Waals surface area contributed by atoms with Gasteiger partial charge >= 0.3 is 0 Å². The molecule has 0 saturated heterocycles. The minimum Gasteiger partial charge on any atom is -0.386 e. The highest BCUT2D eigenvalue weighted by Gasteiger charge is 2.24. The van der Waals surface area contributed by atoms with Crippen molar-refractivity contribution in [2.24, 2.45) is 0 Å². The van der Waals surface area contributed by atoms with Crippen molar-refractivity contribution in [3.8, 4) is 16.9 Å². The number of aliphatic hydroxyl groups excluding tert-OH is 1. The van der Waals surface area contributed by atoms with Gasteiger partial charge in [0.15, 0.2) is 5.65 Å². The van der Waals surface area contributed by atoms with E-state index in [0.717, 1.165) is 55.7 Å². The zero-order chi connectivity index (χ0) is 29.8. The molecule has 1 N–H and O–H groups in total. The SMILES string of the molecule is Cc1nc2nn(CP(C)(C)=O)cc2cc1-n1nc(-c2cccc3nn(C[C@H](O)c4ccccc4)cc23)c(C(C)C)c1C. The van der Waals surface area contributed by atoms with E-state index in [2.05, 4.69) is 38.0 Å². The molecule has 0 aliphatic heterocycles. The van der Waals surface area contributed by atoms with Crippen LogP contribution in [-0.2, 0) is 17.4 Å². The van der Waals surface area contributed by atoms with Crippen LogP contribution in [0.1, 0.15) is 48.4 Å². The second-order valence-corrected chi connectivity index (χ2v) is 15.3. The van der Waals surface area contributed by atoms with Crippen molar-refractivity contribution in [1.82, 2.24) is 34.3 Å². The standard InChI is InChI=1S/C32H36N7O2P/c1-20(2)30-22(4)39(28-15-24-16-38(19-42(5,6)41)36-32(24)33-21(28)3)35-31(30)25-13-10-14-27-26(25)17-37(34-27)18-29(40)23-11-8-7-9-12-23/h7-17,20,29,40H,18-19H2,1-6H3/t29-/m0/s1. The third kappa shape index (κ3) is 5.30. The molecule has 0 bridgehead atoms. The van der Waals surface area contributed by atoms with Gasteiger partial charge in [-0.05, 0) is 50.8 Å². The minimum atomic E-state index is -2.29. The van der Waals surface area contributed by atoms with Crippen molar-refractivity contribution in [2.45, 2.75) is 52.5 Å². The quantitative estimate of drug-likeness (QED) is 0.201. The van der Waals surface area contributed by atoms with Crippen LogP contribution in [0.5, 0.6) is 0 Å². The first-order chi connectivity index (χ1) is 20.0. The Morgan fingerprint density at radius 3 is 2.40 bits per heavy atom. The number of aliphatic hydroxyl groups is 1. The third-order valence-electron chi connectivity index (χ3n) is 7.56. The summed E-state index contributed by atoms with van der Waals surface area (Å²) in [5, 5.41) is 27.2. The van der Waals surface area contributed by atoms with E-state index in [-0.39, 0.29) is 5.92 Å². The van der Waals surface area contributed by atoms with E-state index in [1.807, 2.05) is 71.1 Å². The summed E-state index contributed by atoms with van der Waals surface area (Å²) >= 11 is 0. The molecule has 0 amide bonds. The molecule has 0 fully saturated rings. The summed E-state index contributed by atoms with van der Waals surface area (Å²) in [5.41, 5.74) is 8.16. The van der Waals surface area contributed by atoms with Gasteiger partial charge in [-0.2, -0.15) is 15.3 Å². The minimum absolute atomic E-state index is 0.224. The van der Waals surface area contributed by atoms with Crippen LogP contribution in [0.3, 0.4) is 0 Å². The van der Waals surface area contributed by atoms with Gasteiger partial charge in [0.2, 0.25) is 0 Å². The predicted molar refractivity (Wildman–Crippen MR) is 168 cm³/mol. The molecule has 4 heterocycles. The van der Waals surface area contributed by atoms with E-state index in [9.17, 15) is 9.67 Å². The van der Waals surface area contributed by atoms with Crippen LogP contribution >= 0.6 is 7.14 Å². The molecule has 0 aliphatic rings.